The van der Waals surface area contributed by atoms with Gasteiger partial charge in [-0.2, -0.15) is 0 Å². The molecule has 0 aromatic heterocycles. The van der Waals surface area contributed by atoms with Crippen molar-refractivity contribution >= 4 is 17.3 Å². The molecule has 1 aromatic carbocycles. The maximum Gasteiger partial charge on any atom is 0.269 e. The highest BCUT2D eigenvalue weighted by Crippen LogP contribution is 2.32. The van der Waals surface area contributed by atoms with E-state index in [1.54, 1.807) is 17.0 Å². The number of hydrogen-bond acceptors (Lipinski definition) is 4. The Morgan fingerprint density at radius 2 is 2.22 bits per heavy atom. The van der Waals surface area contributed by atoms with Gasteiger partial charge in [0.25, 0.3) is 5.69 Å². The highest BCUT2D eigenvalue weighted by molar-refractivity contribution is 5.96. The Labute approximate surface area is 103 Å². The zero-order valence-electron chi connectivity index (χ0n) is 9.67. The number of aryl methyl sites for hydroxylation is 1. The molecule has 0 aliphatic carbocycles. The van der Waals surface area contributed by atoms with Crippen LogP contribution in [-0.2, 0) is 16.0 Å². The van der Waals surface area contributed by atoms with E-state index < -0.39 is 4.92 Å². The molecule has 6 heteroatoms. The molecule has 0 bridgehead atoms. The van der Waals surface area contributed by atoms with Crippen LogP contribution in [0.1, 0.15) is 12.0 Å². The fourth-order valence-corrected chi connectivity index (χ4v) is 2.24. The second-order valence-corrected chi connectivity index (χ2v) is 4.53. The highest BCUT2D eigenvalue weighted by Gasteiger charge is 2.32. The average molecular weight is 248 g/mol. The number of fused-ring (bicyclic) bond motifs is 1. The van der Waals surface area contributed by atoms with Gasteiger partial charge in [0.2, 0.25) is 5.91 Å². The lowest BCUT2D eigenvalue weighted by atomic mass is 10.0. The van der Waals surface area contributed by atoms with Gasteiger partial charge >= 0.3 is 0 Å². The number of anilines is 1. The van der Waals surface area contributed by atoms with Gasteiger partial charge in [-0.05, 0) is 18.1 Å². The molecule has 1 atom stereocenters. The molecule has 1 aromatic rings. The van der Waals surface area contributed by atoms with E-state index in [1.807, 2.05) is 0 Å². The average Bonchev–Trinajstić information content (AvgIpc) is 3.16. The van der Waals surface area contributed by atoms with Crippen LogP contribution in [0.3, 0.4) is 0 Å². The molecular weight excluding hydrogens is 236 g/mol. The minimum Gasteiger partial charge on any atom is -0.371 e. The van der Waals surface area contributed by atoms with Gasteiger partial charge in [-0.1, -0.05) is 0 Å². The number of carbonyl (C=O) groups is 1. The maximum atomic E-state index is 11.9. The maximum absolute atomic E-state index is 11.9. The number of epoxide rings is 1. The lowest BCUT2D eigenvalue weighted by Gasteiger charge is -2.28. The first-order valence-corrected chi connectivity index (χ1v) is 5.84. The van der Waals surface area contributed by atoms with E-state index in [0.29, 0.717) is 26.0 Å². The van der Waals surface area contributed by atoms with Gasteiger partial charge in [0.05, 0.1) is 24.2 Å². The third kappa shape index (κ3) is 1.95. The summed E-state index contributed by atoms with van der Waals surface area (Å²) in [5, 5.41) is 10.7. The van der Waals surface area contributed by atoms with Crippen molar-refractivity contribution in [1.29, 1.82) is 0 Å². The van der Waals surface area contributed by atoms with Gasteiger partial charge < -0.3 is 9.64 Å². The molecule has 0 saturated carbocycles. The van der Waals surface area contributed by atoms with Gasteiger partial charge in [0.1, 0.15) is 0 Å². The molecule has 6 nitrogen and oxygen atoms in total. The molecule has 0 spiro atoms. The lowest BCUT2D eigenvalue weighted by molar-refractivity contribution is -0.384. The van der Waals surface area contributed by atoms with Crippen LogP contribution >= 0.6 is 0 Å². The summed E-state index contributed by atoms with van der Waals surface area (Å²) in [6, 6.07) is 4.66. The standard InChI is InChI=1S/C12H12N2O4/c15-12-4-1-8-5-9(14(16)17)2-3-11(8)13(12)6-10-7-18-10/h2-3,5,10H,1,4,6-7H2. The smallest absolute Gasteiger partial charge is 0.269 e. The van der Waals surface area contributed by atoms with Gasteiger partial charge in [-0.25, -0.2) is 0 Å². The zero-order valence-corrected chi connectivity index (χ0v) is 9.67. The third-order valence-corrected chi connectivity index (χ3v) is 3.26. The summed E-state index contributed by atoms with van der Waals surface area (Å²) in [5.41, 5.74) is 1.72. The van der Waals surface area contributed by atoms with E-state index in [2.05, 4.69) is 0 Å². The van der Waals surface area contributed by atoms with Crippen molar-refractivity contribution < 1.29 is 14.5 Å². The van der Waals surface area contributed by atoms with Crippen molar-refractivity contribution in [2.24, 2.45) is 0 Å². The number of nitro groups is 1. The lowest BCUT2D eigenvalue weighted by Crippen LogP contribution is -2.37. The van der Waals surface area contributed by atoms with E-state index in [4.69, 9.17) is 4.74 Å². The van der Waals surface area contributed by atoms with Crippen molar-refractivity contribution in [2.45, 2.75) is 18.9 Å². The summed E-state index contributed by atoms with van der Waals surface area (Å²) < 4.78 is 5.13. The topological polar surface area (TPSA) is 76.0 Å². The molecule has 0 radical (unpaired) electrons. The van der Waals surface area contributed by atoms with Crippen molar-refractivity contribution in [1.82, 2.24) is 0 Å². The molecule has 1 amide bonds. The monoisotopic (exact) mass is 248 g/mol. The molecule has 3 rings (SSSR count). The summed E-state index contributed by atoms with van der Waals surface area (Å²) in [6.07, 6.45) is 1.09. The fraction of sp³-hybridized carbons (Fsp3) is 0.417. The van der Waals surface area contributed by atoms with Gasteiger partial charge in [0, 0.05) is 24.2 Å². The van der Waals surface area contributed by atoms with Crippen LogP contribution in [0.4, 0.5) is 11.4 Å². The number of amides is 1. The van der Waals surface area contributed by atoms with Crippen molar-refractivity contribution in [3.8, 4) is 0 Å². The van der Waals surface area contributed by atoms with Crippen LogP contribution in [0.2, 0.25) is 0 Å². The van der Waals surface area contributed by atoms with Crippen LogP contribution in [0, 0.1) is 10.1 Å². The quantitative estimate of drug-likeness (QED) is 0.458. The summed E-state index contributed by atoms with van der Waals surface area (Å²) >= 11 is 0. The summed E-state index contributed by atoms with van der Waals surface area (Å²) in [6.45, 7) is 1.23. The fourth-order valence-electron chi connectivity index (χ4n) is 2.24. The number of benzene rings is 1. The highest BCUT2D eigenvalue weighted by atomic mass is 16.6. The molecule has 1 fully saturated rings. The van der Waals surface area contributed by atoms with Gasteiger partial charge in [-0.3, -0.25) is 14.9 Å². The minimum atomic E-state index is -0.412. The number of nitro benzene ring substituents is 1. The number of hydrogen-bond donors (Lipinski definition) is 0. The zero-order chi connectivity index (χ0) is 12.7. The Bertz CT molecular complexity index is 525. The molecule has 1 unspecified atom stereocenters. The number of non-ortho nitro benzene ring substituents is 1. The van der Waals surface area contributed by atoms with Crippen molar-refractivity contribution in [2.75, 3.05) is 18.1 Å². The Morgan fingerprint density at radius 1 is 1.44 bits per heavy atom. The Hall–Kier alpha value is -1.95. The number of nitrogens with zero attached hydrogens (tertiary/aromatic N) is 2. The van der Waals surface area contributed by atoms with Crippen LogP contribution < -0.4 is 4.90 Å². The second-order valence-electron chi connectivity index (χ2n) is 4.53. The molecule has 2 aliphatic rings. The predicted molar refractivity (Wildman–Crippen MR) is 63.5 cm³/mol. The molecule has 1 saturated heterocycles. The SMILES string of the molecule is O=C1CCc2cc([N+](=O)[O-])ccc2N1CC1CO1. The first kappa shape index (κ1) is 11.2. The third-order valence-electron chi connectivity index (χ3n) is 3.26. The van der Waals surface area contributed by atoms with Crippen LogP contribution in [0.25, 0.3) is 0 Å². The van der Waals surface area contributed by atoms with Gasteiger partial charge in [-0.15, -0.1) is 0 Å². The first-order valence-electron chi connectivity index (χ1n) is 5.84. The summed E-state index contributed by atoms with van der Waals surface area (Å²) in [5.74, 6) is 0.0619. The molecule has 18 heavy (non-hydrogen) atoms. The molecule has 2 heterocycles. The van der Waals surface area contributed by atoms with E-state index >= 15 is 0 Å². The Morgan fingerprint density at radius 3 is 2.89 bits per heavy atom. The van der Waals surface area contributed by atoms with Gasteiger partial charge in [0.15, 0.2) is 0 Å². The number of carbonyl (C=O) groups excluding carboxylic acids is 1. The summed E-state index contributed by atoms with van der Waals surface area (Å²) in [7, 11) is 0. The normalized spacial score (nSPS) is 21.7. The minimum absolute atomic E-state index is 0.0619. The van der Waals surface area contributed by atoms with Crippen LogP contribution in [0.15, 0.2) is 18.2 Å². The predicted octanol–water partition coefficient (Wildman–Crippen LogP) is 1.27. The van der Waals surface area contributed by atoms with E-state index in [0.717, 1.165) is 11.3 Å². The van der Waals surface area contributed by atoms with E-state index in [9.17, 15) is 14.9 Å². The number of ether oxygens (including phenoxy) is 1. The Kier molecular flexibility index (Phi) is 2.52. The Balaban J connectivity index is 1.95. The van der Waals surface area contributed by atoms with Crippen LogP contribution in [0.5, 0.6) is 0 Å². The molecule has 0 N–H and O–H groups in total. The summed E-state index contributed by atoms with van der Waals surface area (Å²) in [4.78, 5) is 23.9. The number of rotatable bonds is 3. The first-order chi connectivity index (χ1) is 8.65. The molecule has 2 aliphatic heterocycles. The molecular formula is C12H12N2O4. The molecule has 94 valence electrons. The van der Waals surface area contributed by atoms with Crippen molar-refractivity contribution in [3.05, 3.63) is 33.9 Å². The van der Waals surface area contributed by atoms with E-state index in [-0.39, 0.29) is 17.7 Å². The largest absolute Gasteiger partial charge is 0.371 e. The van der Waals surface area contributed by atoms with Crippen LogP contribution in [-0.4, -0.2) is 30.1 Å². The van der Waals surface area contributed by atoms with Crippen molar-refractivity contribution in [3.63, 3.8) is 0 Å². The second kappa shape index (κ2) is 4.06. The van der Waals surface area contributed by atoms with E-state index in [1.165, 1.54) is 6.07 Å².